The van der Waals surface area contributed by atoms with E-state index in [2.05, 4.69) is 4.90 Å². The number of amides is 1. The third-order valence-corrected chi connectivity index (χ3v) is 4.72. The van der Waals surface area contributed by atoms with E-state index in [-0.39, 0.29) is 18.9 Å². The van der Waals surface area contributed by atoms with Gasteiger partial charge in [-0.2, -0.15) is 0 Å². The van der Waals surface area contributed by atoms with E-state index in [9.17, 15) is 9.59 Å². The summed E-state index contributed by atoms with van der Waals surface area (Å²) in [5.41, 5.74) is 0.934. The summed E-state index contributed by atoms with van der Waals surface area (Å²) in [6.07, 6.45) is -0.249. The average Bonchev–Trinajstić information content (AvgIpc) is 2.71. The summed E-state index contributed by atoms with van der Waals surface area (Å²) in [5, 5.41) is 0. The summed E-state index contributed by atoms with van der Waals surface area (Å²) in [7, 11) is 0. The Morgan fingerprint density at radius 1 is 1.11 bits per heavy atom. The number of morpholine rings is 1. The van der Waals surface area contributed by atoms with Crippen molar-refractivity contribution in [2.24, 2.45) is 0 Å². The quantitative estimate of drug-likeness (QED) is 0.484. The Morgan fingerprint density at radius 3 is 2.61 bits per heavy atom. The van der Waals surface area contributed by atoms with Gasteiger partial charge in [0.25, 0.3) is 0 Å². The molecule has 0 unspecified atom stereocenters. The second-order valence-electron chi connectivity index (χ2n) is 6.73. The fourth-order valence-electron chi connectivity index (χ4n) is 3.23. The second-order valence-corrected chi connectivity index (χ2v) is 6.73. The molecule has 0 radical (unpaired) electrons. The molecule has 0 atom stereocenters. The molecule has 3 rings (SSSR count). The standard InChI is InChI=1S/C20H28N2O6/c1-2-26-20(24)14-19(23)22(6-5-21-7-9-25-10-8-21)15-16-3-4-17-18(13-16)28-12-11-27-17/h3-4,13H,2,5-12,14-15H2,1H3. The van der Waals surface area contributed by atoms with Gasteiger partial charge in [0.2, 0.25) is 5.91 Å². The van der Waals surface area contributed by atoms with Gasteiger partial charge in [-0.25, -0.2) is 0 Å². The minimum Gasteiger partial charge on any atom is -0.486 e. The number of benzene rings is 1. The average molecular weight is 392 g/mol. The molecule has 2 aliphatic rings. The van der Waals surface area contributed by atoms with Crippen molar-refractivity contribution in [2.75, 3.05) is 59.2 Å². The molecule has 1 aromatic rings. The maximum absolute atomic E-state index is 12.7. The highest BCUT2D eigenvalue weighted by Crippen LogP contribution is 2.31. The van der Waals surface area contributed by atoms with Crippen LogP contribution >= 0.6 is 0 Å². The van der Waals surface area contributed by atoms with Crippen LogP contribution in [-0.4, -0.2) is 80.9 Å². The van der Waals surface area contributed by atoms with Crippen molar-refractivity contribution in [1.82, 2.24) is 9.80 Å². The van der Waals surface area contributed by atoms with Crippen LogP contribution in [0.15, 0.2) is 18.2 Å². The summed E-state index contributed by atoms with van der Waals surface area (Å²) in [5.74, 6) is 0.676. The van der Waals surface area contributed by atoms with E-state index < -0.39 is 5.97 Å². The number of nitrogens with zero attached hydrogens (tertiary/aromatic N) is 2. The van der Waals surface area contributed by atoms with E-state index in [4.69, 9.17) is 18.9 Å². The molecule has 0 N–H and O–H groups in total. The maximum atomic E-state index is 12.7. The molecule has 1 saturated heterocycles. The Kier molecular flexibility index (Phi) is 7.50. The topological polar surface area (TPSA) is 77.5 Å². The van der Waals surface area contributed by atoms with Gasteiger partial charge in [0.15, 0.2) is 11.5 Å². The van der Waals surface area contributed by atoms with E-state index in [1.54, 1.807) is 11.8 Å². The van der Waals surface area contributed by atoms with Gasteiger partial charge >= 0.3 is 5.97 Å². The van der Waals surface area contributed by atoms with Gasteiger partial charge in [-0.1, -0.05) is 6.07 Å². The predicted octanol–water partition coefficient (Wildman–Crippen LogP) is 1.07. The molecule has 28 heavy (non-hydrogen) atoms. The van der Waals surface area contributed by atoms with Crippen LogP contribution in [0.1, 0.15) is 18.9 Å². The van der Waals surface area contributed by atoms with Gasteiger partial charge in [-0.05, 0) is 24.6 Å². The lowest BCUT2D eigenvalue weighted by Gasteiger charge is -2.30. The second kappa shape index (κ2) is 10.3. The van der Waals surface area contributed by atoms with Crippen LogP contribution in [-0.2, 0) is 25.6 Å². The van der Waals surface area contributed by atoms with Crippen LogP contribution in [0, 0.1) is 0 Å². The zero-order chi connectivity index (χ0) is 19.8. The zero-order valence-electron chi connectivity index (χ0n) is 16.4. The molecule has 0 aromatic heterocycles. The normalized spacial score (nSPS) is 16.5. The molecule has 0 aliphatic carbocycles. The van der Waals surface area contributed by atoms with Crippen molar-refractivity contribution in [3.63, 3.8) is 0 Å². The molecule has 2 heterocycles. The first-order valence-electron chi connectivity index (χ1n) is 9.77. The van der Waals surface area contributed by atoms with Gasteiger partial charge in [-0.3, -0.25) is 14.5 Å². The predicted molar refractivity (Wildman–Crippen MR) is 101 cm³/mol. The van der Waals surface area contributed by atoms with Crippen molar-refractivity contribution in [3.8, 4) is 11.5 Å². The SMILES string of the molecule is CCOC(=O)CC(=O)N(CCN1CCOCC1)Cc1ccc2c(c1)OCCO2. The smallest absolute Gasteiger partial charge is 0.315 e. The monoisotopic (exact) mass is 392 g/mol. The molecule has 154 valence electrons. The Labute approximate surface area is 165 Å². The summed E-state index contributed by atoms with van der Waals surface area (Å²) in [4.78, 5) is 28.5. The van der Waals surface area contributed by atoms with Crippen molar-refractivity contribution in [2.45, 2.75) is 19.9 Å². The van der Waals surface area contributed by atoms with Crippen LogP contribution in [0.4, 0.5) is 0 Å². The zero-order valence-corrected chi connectivity index (χ0v) is 16.4. The fraction of sp³-hybridized carbons (Fsp3) is 0.600. The lowest BCUT2D eigenvalue weighted by molar-refractivity contribution is -0.149. The number of carbonyl (C=O) groups excluding carboxylic acids is 2. The molecular weight excluding hydrogens is 364 g/mol. The minimum absolute atomic E-state index is 0.235. The number of rotatable bonds is 8. The van der Waals surface area contributed by atoms with Gasteiger partial charge in [0.1, 0.15) is 19.6 Å². The summed E-state index contributed by atoms with van der Waals surface area (Å²) < 4.78 is 21.5. The molecule has 8 heteroatoms. The Balaban J connectivity index is 1.65. The van der Waals surface area contributed by atoms with Gasteiger partial charge in [0.05, 0.1) is 19.8 Å². The summed E-state index contributed by atoms with van der Waals surface area (Å²) in [6.45, 7) is 7.84. The van der Waals surface area contributed by atoms with Crippen LogP contribution in [0.3, 0.4) is 0 Å². The van der Waals surface area contributed by atoms with E-state index in [0.717, 1.165) is 25.2 Å². The van der Waals surface area contributed by atoms with Crippen molar-refractivity contribution >= 4 is 11.9 Å². The molecule has 0 spiro atoms. The summed E-state index contributed by atoms with van der Waals surface area (Å²) in [6, 6.07) is 5.68. The van der Waals surface area contributed by atoms with Crippen molar-refractivity contribution in [3.05, 3.63) is 23.8 Å². The lowest BCUT2D eigenvalue weighted by Crippen LogP contribution is -2.43. The van der Waals surface area contributed by atoms with E-state index in [1.165, 1.54) is 0 Å². The third-order valence-electron chi connectivity index (χ3n) is 4.72. The van der Waals surface area contributed by atoms with Crippen LogP contribution in [0.25, 0.3) is 0 Å². The summed E-state index contributed by atoms with van der Waals surface area (Å²) >= 11 is 0. The fourth-order valence-corrected chi connectivity index (χ4v) is 3.23. The Morgan fingerprint density at radius 2 is 1.86 bits per heavy atom. The van der Waals surface area contributed by atoms with Gasteiger partial charge in [-0.15, -0.1) is 0 Å². The van der Waals surface area contributed by atoms with Crippen LogP contribution in [0.5, 0.6) is 11.5 Å². The van der Waals surface area contributed by atoms with Gasteiger partial charge in [0, 0.05) is 32.7 Å². The molecule has 8 nitrogen and oxygen atoms in total. The minimum atomic E-state index is -0.494. The molecule has 1 fully saturated rings. The highest BCUT2D eigenvalue weighted by Gasteiger charge is 2.21. The van der Waals surface area contributed by atoms with E-state index >= 15 is 0 Å². The van der Waals surface area contributed by atoms with Crippen LogP contribution < -0.4 is 9.47 Å². The maximum Gasteiger partial charge on any atom is 0.315 e. The molecule has 1 aromatic carbocycles. The molecule has 0 saturated carbocycles. The largest absolute Gasteiger partial charge is 0.486 e. The first kappa shape index (κ1) is 20.4. The number of hydrogen-bond acceptors (Lipinski definition) is 7. The Hall–Kier alpha value is -2.32. The molecular formula is C20H28N2O6. The third kappa shape index (κ3) is 5.84. The molecule has 0 bridgehead atoms. The Bertz CT molecular complexity index is 675. The van der Waals surface area contributed by atoms with E-state index in [0.29, 0.717) is 51.0 Å². The highest BCUT2D eigenvalue weighted by atomic mass is 16.6. The number of carbonyl (C=O) groups is 2. The first-order chi connectivity index (χ1) is 13.7. The van der Waals surface area contributed by atoms with Gasteiger partial charge < -0.3 is 23.8 Å². The van der Waals surface area contributed by atoms with E-state index in [1.807, 2.05) is 18.2 Å². The number of fused-ring (bicyclic) bond motifs is 1. The lowest BCUT2D eigenvalue weighted by atomic mass is 10.1. The van der Waals surface area contributed by atoms with Crippen molar-refractivity contribution < 1.29 is 28.5 Å². The first-order valence-corrected chi connectivity index (χ1v) is 9.77. The van der Waals surface area contributed by atoms with Crippen LogP contribution in [0.2, 0.25) is 0 Å². The van der Waals surface area contributed by atoms with Crippen molar-refractivity contribution in [1.29, 1.82) is 0 Å². The highest BCUT2D eigenvalue weighted by molar-refractivity contribution is 5.94. The number of ether oxygens (including phenoxy) is 4. The number of hydrogen-bond donors (Lipinski definition) is 0. The molecule has 2 aliphatic heterocycles. The molecule has 1 amide bonds. The number of esters is 1.